The van der Waals surface area contributed by atoms with Crippen molar-refractivity contribution in [1.29, 1.82) is 0 Å². The lowest BCUT2D eigenvalue weighted by Gasteiger charge is -2.22. The van der Waals surface area contributed by atoms with Crippen LogP contribution >= 0.6 is 0 Å². The Kier molecular flexibility index (Phi) is 6.24. The van der Waals surface area contributed by atoms with Crippen molar-refractivity contribution in [1.82, 2.24) is 9.80 Å². The summed E-state index contributed by atoms with van der Waals surface area (Å²) in [6.45, 7) is 9.47. The topological polar surface area (TPSA) is 23.6 Å². The molecule has 0 radical (unpaired) electrons. The highest BCUT2D eigenvalue weighted by Crippen LogP contribution is 2.34. The van der Waals surface area contributed by atoms with Crippen LogP contribution in [0.25, 0.3) is 11.1 Å². The zero-order valence-corrected chi connectivity index (χ0v) is 18.5. The molecule has 0 spiro atoms. The molecular formula is C26H33FN2O. The van der Waals surface area contributed by atoms with Crippen LogP contribution in [0.1, 0.15) is 56.2 Å². The molecule has 2 atom stereocenters. The van der Waals surface area contributed by atoms with E-state index in [0.717, 1.165) is 29.7 Å². The third kappa shape index (κ3) is 4.29. The largest absolute Gasteiger partial charge is 0.342 e. The minimum absolute atomic E-state index is 0.00641. The first kappa shape index (κ1) is 21.0. The first-order chi connectivity index (χ1) is 14.4. The van der Waals surface area contributed by atoms with Crippen LogP contribution in [0.4, 0.5) is 4.39 Å². The molecule has 0 saturated carbocycles. The fraction of sp³-hybridized carbons (Fsp3) is 0.500. The van der Waals surface area contributed by atoms with Gasteiger partial charge in [-0.2, -0.15) is 0 Å². The van der Waals surface area contributed by atoms with Gasteiger partial charge in [0.2, 0.25) is 5.91 Å². The quantitative estimate of drug-likeness (QED) is 0.709. The lowest BCUT2D eigenvalue weighted by atomic mass is 9.90. The van der Waals surface area contributed by atoms with Crippen LogP contribution in [0.2, 0.25) is 0 Å². The first-order valence-electron chi connectivity index (χ1n) is 11.3. The Hall–Kier alpha value is -2.20. The van der Waals surface area contributed by atoms with E-state index in [1.165, 1.54) is 24.9 Å². The van der Waals surface area contributed by atoms with Gasteiger partial charge in [0.15, 0.2) is 0 Å². The molecule has 2 heterocycles. The van der Waals surface area contributed by atoms with Gasteiger partial charge in [-0.1, -0.05) is 43.3 Å². The number of amides is 1. The summed E-state index contributed by atoms with van der Waals surface area (Å²) in [6.07, 6.45) is 4.36. The van der Waals surface area contributed by atoms with E-state index in [2.05, 4.69) is 42.2 Å². The number of carbonyl (C=O) groups excluding carboxylic acids is 1. The van der Waals surface area contributed by atoms with Gasteiger partial charge in [-0.15, -0.1) is 0 Å². The minimum atomic E-state index is -0.121. The van der Waals surface area contributed by atoms with Gasteiger partial charge in [0.1, 0.15) is 5.82 Å². The van der Waals surface area contributed by atoms with Crippen molar-refractivity contribution < 1.29 is 9.18 Å². The van der Waals surface area contributed by atoms with Crippen LogP contribution in [-0.4, -0.2) is 47.9 Å². The normalized spacial score (nSPS) is 22.1. The van der Waals surface area contributed by atoms with Crippen molar-refractivity contribution in [3.63, 3.8) is 0 Å². The number of hydrogen-bond donors (Lipinski definition) is 0. The van der Waals surface area contributed by atoms with Gasteiger partial charge >= 0.3 is 0 Å². The molecule has 0 aromatic heterocycles. The van der Waals surface area contributed by atoms with Gasteiger partial charge in [0, 0.05) is 44.1 Å². The molecule has 2 aromatic carbocycles. The Bertz CT molecular complexity index is 908. The van der Waals surface area contributed by atoms with Gasteiger partial charge in [-0.05, 0) is 61.4 Å². The molecular weight excluding hydrogens is 375 g/mol. The van der Waals surface area contributed by atoms with E-state index < -0.39 is 0 Å². The molecule has 4 heteroatoms. The van der Waals surface area contributed by atoms with Gasteiger partial charge in [-0.25, -0.2) is 4.39 Å². The number of hydrogen-bond acceptors (Lipinski definition) is 2. The molecule has 1 amide bonds. The van der Waals surface area contributed by atoms with Crippen LogP contribution in [0.5, 0.6) is 0 Å². The Morgan fingerprint density at radius 1 is 1.10 bits per heavy atom. The molecule has 0 N–H and O–H groups in total. The molecule has 0 unspecified atom stereocenters. The maximum absolute atomic E-state index is 15.6. The van der Waals surface area contributed by atoms with E-state index >= 15 is 4.39 Å². The standard InChI is InChI=1S/C26H33FN2O/c1-18-17-29(20(3)30)16-13-23-10-11-24(26(27)25(18)23)22-8-6-21(7-9-22)12-15-28-14-4-5-19(28)2/h6-11,18-19H,4-5,12-17H2,1-3H3/t18-,19+/m0/s1. The Labute approximate surface area is 179 Å². The summed E-state index contributed by atoms with van der Waals surface area (Å²) < 4.78 is 15.6. The second-order valence-corrected chi connectivity index (χ2v) is 9.09. The highest BCUT2D eigenvalue weighted by Gasteiger charge is 2.26. The van der Waals surface area contributed by atoms with E-state index in [9.17, 15) is 4.79 Å². The Morgan fingerprint density at radius 3 is 2.53 bits per heavy atom. The summed E-state index contributed by atoms with van der Waals surface area (Å²) >= 11 is 0. The summed E-state index contributed by atoms with van der Waals surface area (Å²) in [5.41, 5.74) is 4.70. The van der Waals surface area contributed by atoms with Crippen molar-refractivity contribution in [3.05, 3.63) is 58.9 Å². The molecule has 1 fully saturated rings. The summed E-state index contributed by atoms with van der Waals surface area (Å²) in [7, 11) is 0. The van der Waals surface area contributed by atoms with E-state index in [0.29, 0.717) is 31.1 Å². The van der Waals surface area contributed by atoms with Crippen LogP contribution in [0.15, 0.2) is 36.4 Å². The number of fused-ring (bicyclic) bond motifs is 1. The van der Waals surface area contributed by atoms with E-state index in [1.54, 1.807) is 6.92 Å². The summed E-state index contributed by atoms with van der Waals surface area (Å²) in [5, 5.41) is 0. The molecule has 30 heavy (non-hydrogen) atoms. The SMILES string of the molecule is CC(=O)N1CCc2ccc(-c3ccc(CCN4CCC[C@H]4C)cc3)c(F)c2[C@@H](C)C1. The van der Waals surface area contributed by atoms with Gasteiger partial charge in [-0.3, -0.25) is 4.79 Å². The predicted molar refractivity (Wildman–Crippen MR) is 120 cm³/mol. The molecule has 2 aliphatic rings. The van der Waals surface area contributed by atoms with Crippen LogP contribution in [0.3, 0.4) is 0 Å². The fourth-order valence-electron chi connectivity index (χ4n) is 5.11. The van der Waals surface area contributed by atoms with Gasteiger partial charge in [0.05, 0.1) is 0 Å². The van der Waals surface area contributed by atoms with Crippen LogP contribution in [-0.2, 0) is 17.6 Å². The Morgan fingerprint density at radius 2 is 1.87 bits per heavy atom. The van der Waals surface area contributed by atoms with E-state index in [-0.39, 0.29) is 17.6 Å². The van der Waals surface area contributed by atoms with Crippen LogP contribution < -0.4 is 0 Å². The summed E-state index contributed by atoms with van der Waals surface area (Å²) in [4.78, 5) is 16.2. The molecule has 2 aliphatic heterocycles. The van der Waals surface area contributed by atoms with Crippen molar-refractivity contribution in [3.8, 4) is 11.1 Å². The number of nitrogens with zero attached hydrogens (tertiary/aromatic N) is 2. The molecule has 0 aliphatic carbocycles. The van der Waals surface area contributed by atoms with Gasteiger partial charge in [0.25, 0.3) is 0 Å². The zero-order chi connectivity index (χ0) is 21.3. The van der Waals surface area contributed by atoms with Crippen molar-refractivity contribution >= 4 is 5.91 Å². The molecule has 3 nitrogen and oxygen atoms in total. The maximum atomic E-state index is 15.6. The van der Waals surface area contributed by atoms with Crippen molar-refractivity contribution in [2.45, 2.75) is 58.4 Å². The average Bonchev–Trinajstić information content (AvgIpc) is 3.05. The second kappa shape index (κ2) is 8.89. The lowest BCUT2D eigenvalue weighted by molar-refractivity contribution is -0.128. The van der Waals surface area contributed by atoms with Gasteiger partial charge < -0.3 is 9.80 Å². The second-order valence-electron chi connectivity index (χ2n) is 9.09. The minimum Gasteiger partial charge on any atom is -0.342 e. The Balaban J connectivity index is 1.52. The van der Waals surface area contributed by atoms with E-state index in [4.69, 9.17) is 0 Å². The third-order valence-electron chi connectivity index (χ3n) is 7.00. The molecule has 2 aromatic rings. The average molecular weight is 409 g/mol. The predicted octanol–water partition coefficient (Wildman–Crippen LogP) is 5.03. The number of benzene rings is 2. The first-order valence-corrected chi connectivity index (χ1v) is 11.3. The third-order valence-corrected chi connectivity index (χ3v) is 7.00. The number of halogens is 1. The van der Waals surface area contributed by atoms with Crippen molar-refractivity contribution in [2.75, 3.05) is 26.2 Å². The monoisotopic (exact) mass is 408 g/mol. The van der Waals surface area contributed by atoms with E-state index in [1.807, 2.05) is 17.9 Å². The number of likely N-dealkylation sites (tertiary alicyclic amines) is 1. The van der Waals surface area contributed by atoms with Crippen LogP contribution in [0, 0.1) is 5.82 Å². The lowest BCUT2D eigenvalue weighted by Crippen LogP contribution is -2.32. The maximum Gasteiger partial charge on any atom is 0.219 e. The number of rotatable bonds is 4. The van der Waals surface area contributed by atoms with Crippen molar-refractivity contribution in [2.24, 2.45) is 0 Å². The molecule has 160 valence electrons. The fourth-order valence-corrected chi connectivity index (χ4v) is 5.11. The summed E-state index contributed by atoms with van der Waals surface area (Å²) in [5.74, 6) is -0.0636. The smallest absolute Gasteiger partial charge is 0.219 e. The zero-order valence-electron chi connectivity index (χ0n) is 18.5. The summed E-state index contributed by atoms with van der Waals surface area (Å²) in [6, 6.07) is 13.0. The molecule has 1 saturated heterocycles. The highest BCUT2D eigenvalue weighted by molar-refractivity contribution is 5.73. The number of carbonyl (C=O) groups is 1. The highest BCUT2D eigenvalue weighted by atomic mass is 19.1. The molecule has 4 rings (SSSR count). The molecule has 0 bridgehead atoms.